The number of aryl methyl sites for hydroxylation is 1. The van der Waals surface area contributed by atoms with E-state index in [2.05, 4.69) is 9.46 Å². The van der Waals surface area contributed by atoms with Gasteiger partial charge in [-0.25, -0.2) is 13.2 Å². The number of methoxy groups -OCH3 is 1. The number of esters is 1. The summed E-state index contributed by atoms with van der Waals surface area (Å²) >= 11 is 0. The van der Waals surface area contributed by atoms with E-state index in [4.69, 9.17) is 0 Å². The molecule has 0 aliphatic heterocycles. The highest BCUT2D eigenvalue weighted by atomic mass is 32.2. The normalized spacial score (nSPS) is 11.6. The molecule has 2 rings (SSSR count). The zero-order valence-electron chi connectivity index (χ0n) is 15.3. The predicted octanol–water partition coefficient (Wildman–Crippen LogP) is 2.87. The second-order valence-corrected chi connectivity index (χ2v) is 7.60. The number of sulfonamides is 1. The van der Waals surface area contributed by atoms with Crippen LogP contribution >= 0.6 is 0 Å². The molecule has 0 atom stereocenters. The number of carbonyl (C=O) groups excluding carboxylic acids is 2. The van der Waals surface area contributed by atoms with Crippen LogP contribution in [0.15, 0.2) is 47.4 Å². The van der Waals surface area contributed by atoms with Crippen molar-refractivity contribution in [2.45, 2.75) is 18.0 Å². The number of alkyl halides is 3. The maximum Gasteiger partial charge on any atom is 0.405 e. The van der Waals surface area contributed by atoms with Crippen molar-refractivity contribution in [3.63, 3.8) is 0 Å². The summed E-state index contributed by atoms with van der Waals surface area (Å²) < 4.78 is 69.1. The molecule has 2 N–H and O–H groups in total. The lowest BCUT2D eigenvalue weighted by atomic mass is 10.1. The van der Waals surface area contributed by atoms with E-state index in [1.807, 2.05) is 0 Å². The zero-order chi connectivity index (χ0) is 21.8. The molecule has 0 bridgehead atoms. The molecule has 0 unspecified atom stereocenters. The van der Waals surface area contributed by atoms with Crippen LogP contribution in [0.1, 0.15) is 26.3 Å². The van der Waals surface area contributed by atoms with Crippen molar-refractivity contribution in [1.29, 1.82) is 0 Å². The van der Waals surface area contributed by atoms with E-state index in [1.165, 1.54) is 24.3 Å². The lowest BCUT2D eigenvalue weighted by Gasteiger charge is -2.14. The number of benzene rings is 2. The van der Waals surface area contributed by atoms with Gasteiger partial charge in [-0.3, -0.25) is 9.52 Å². The van der Waals surface area contributed by atoms with Crippen molar-refractivity contribution in [3.05, 3.63) is 59.2 Å². The van der Waals surface area contributed by atoms with Gasteiger partial charge in [-0.2, -0.15) is 13.2 Å². The van der Waals surface area contributed by atoms with Crippen molar-refractivity contribution < 1.29 is 35.9 Å². The molecule has 0 aromatic heterocycles. The van der Waals surface area contributed by atoms with Crippen molar-refractivity contribution in [2.75, 3.05) is 18.4 Å². The Hall–Kier alpha value is -3.08. The zero-order valence-corrected chi connectivity index (χ0v) is 16.1. The molecule has 29 heavy (non-hydrogen) atoms. The highest BCUT2D eigenvalue weighted by Gasteiger charge is 2.28. The van der Waals surface area contributed by atoms with E-state index in [0.29, 0.717) is 5.56 Å². The Balaban J connectivity index is 2.34. The minimum atomic E-state index is -4.60. The molecule has 156 valence electrons. The van der Waals surface area contributed by atoms with Crippen LogP contribution < -0.4 is 10.0 Å². The number of para-hydroxylation sites is 1. The van der Waals surface area contributed by atoms with Gasteiger partial charge in [0.2, 0.25) is 0 Å². The van der Waals surface area contributed by atoms with Gasteiger partial charge in [0, 0.05) is 5.56 Å². The monoisotopic (exact) mass is 430 g/mol. The number of hydrogen-bond acceptors (Lipinski definition) is 5. The summed E-state index contributed by atoms with van der Waals surface area (Å²) in [4.78, 5) is 23.4. The minimum Gasteiger partial charge on any atom is -0.465 e. The Morgan fingerprint density at radius 1 is 1.10 bits per heavy atom. The van der Waals surface area contributed by atoms with E-state index in [1.54, 1.807) is 24.4 Å². The first-order valence-corrected chi connectivity index (χ1v) is 9.58. The van der Waals surface area contributed by atoms with Gasteiger partial charge in [-0.1, -0.05) is 18.2 Å². The molecular formula is C18H17F3N2O5S. The van der Waals surface area contributed by atoms with Gasteiger partial charge < -0.3 is 10.1 Å². The van der Waals surface area contributed by atoms with Crippen molar-refractivity contribution in [1.82, 2.24) is 5.32 Å². The Kier molecular flexibility index (Phi) is 6.52. The Morgan fingerprint density at radius 2 is 1.76 bits per heavy atom. The summed E-state index contributed by atoms with van der Waals surface area (Å²) in [7, 11) is -3.11. The van der Waals surface area contributed by atoms with Crippen LogP contribution in [0.5, 0.6) is 0 Å². The first-order valence-electron chi connectivity index (χ1n) is 8.10. The van der Waals surface area contributed by atoms with Gasteiger partial charge in [0.25, 0.3) is 15.9 Å². The summed E-state index contributed by atoms with van der Waals surface area (Å²) in [5.41, 5.74) is 0.145. The molecule has 2 aromatic rings. The maximum atomic E-state index is 12.7. The van der Waals surface area contributed by atoms with Crippen LogP contribution in [0.25, 0.3) is 0 Å². The molecule has 0 fully saturated rings. The van der Waals surface area contributed by atoms with Crippen molar-refractivity contribution in [2.24, 2.45) is 0 Å². The minimum absolute atomic E-state index is 0.00808. The Labute approximate surface area is 164 Å². The van der Waals surface area contributed by atoms with Gasteiger partial charge in [-0.15, -0.1) is 0 Å². The SMILES string of the molecule is COC(=O)c1cccc(C)c1NS(=O)(=O)c1cccc(C(=O)NCC(F)(F)F)c1. The molecule has 2 aromatic carbocycles. The van der Waals surface area contributed by atoms with Gasteiger partial charge in [0.1, 0.15) is 6.54 Å². The number of amides is 1. The summed E-state index contributed by atoms with van der Waals surface area (Å²) in [5, 5.41) is 1.67. The van der Waals surface area contributed by atoms with Crippen LogP contribution in [0.3, 0.4) is 0 Å². The second kappa shape index (κ2) is 8.52. The first kappa shape index (κ1) is 22.2. The standard InChI is InChI=1S/C18H17F3N2O5S/c1-11-5-3-8-14(17(25)28-2)15(11)23-29(26,27)13-7-4-6-12(9-13)16(24)22-10-18(19,20)21/h3-9,23H,10H2,1-2H3,(H,22,24). The van der Waals surface area contributed by atoms with Crippen molar-refractivity contribution in [3.8, 4) is 0 Å². The van der Waals surface area contributed by atoms with E-state index < -0.39 is 34.6 Å². The number of hydrogen-bond donors (Lipinski definition) is 2. The molecule has 0 spiro atoms. The number of halogens is 3. The van der Waals surface area contributed by atoms with Crippen LogP contribution in [-0.2, 0) is 14.8 Å². The van der Waals surface area contributed by atoms with E-state index >= 15 is 0 Å². The van der Waals surface area contributed by atoms with Gasteiger partial charge in [0.15, 0.2) is 0 Å². The van der Waals surface area contributed by atoms with E-state index in [9.17, 15) is 31.2 Å². The third-order valence-electron chi connectivity index (χ3n) is 3.77. The third-order valence-corrected chi connectivity index (χ3v) is 5.12. The number of anilines is 1. The van der Waals surface area contributed by atoms with Gasteiger partial charge in [-0.05, 0) is 36.8 Å². The third kappa shape index (κ3) is 5.70. The van der Waals surface area contributed by atoms with Gasteiger partial charge >= 0.3 is 12.1 Å². The number of nitrogens with one attached hydrogen (secondary N) is 2. The summed E-state index contributed by atoms with van der Waals surface area (Å²) in [5.74, 6) is -1.84. The molecule has 0 saturated carbocycles. The quantitative estimate of drug-likeness (QED) is 0.687. The highest BCUT2D eigenvalue weighted by molar-refractivity contribution is 7.92. The Bertz CT molecular complexity index is 1040. The molecule has 0 aliphatic carbocycles. The number of ether oxygens (including phenoxy) is 1. The molecule has 11 heteroatoms. The van der Waals surface area contributed by atoms with Crippen LogP contribution in [0, 0.1) is 6.92 Å². The fourth-order valence-corrected chi connectivity index (χ4v) is 3.56. The molecule has 1 amide bonds. The fraction of sp³-hybridized carbons (Fsp3) is 0.222. The summed E-state index contributed by atoms with van der Waals surface area (Å²) in [6, 6.07) is 8.99. The van der Waals surface area contributed by atoms with Crippen LogP contribution in [0.2, 0.25) is 0 Å². The largest absolute Gasteiger partial charge is 0.465 e. The topological polar surface area (TPSA) is 102 Å². The summed E-state index contributed by atoms with van der Waals surface area (Å²) in [6.07, 6.45) is -4.60. The summed E-state index contributed by atoms with van der Waals surface area (Å²) in [6.45, 7) is 0.0259. The maximum absolute atomic E-state index is 12.7. The molecule has 0 saturated heterocycles. The number of rotatable bonds is 6. The second-order valence-electron chi connectivity index (χ2n) is 5.92. The molecular weight excluding hydrogens is 413 g/mol. The number of carbonyl (C=O) groups is 2. The van der Waals surface area contributed by atoms with Crippen LogP contribution in [-0.4, -0.2) is 40.1 Å². The average molecular weight is 430 g/mol. The lowest BCUT2D eigenvalue weighted by molar-refractivity contribution is -0.123. The molecule has 0 aliphatic rings. The Morgan fingerprint density at radius 3 is 2.38 bits per heavy atom. The van der Waals surface area contributed by atoms with Crippen molar-refractivity contribution >= 4 is 27.6 Å². The van der Waals surface area contributed by atoms with Gasteiger partial charge in [0.05, 0.1) is 23.3 Å². The van der Waals surface area contributed by atoms with E-state index in [-0.39, 0.29) is 21.7 Å². The smallest absolute Gasteiger partial charge is 0.405 e. The molecule has 0 radical (unpaired) electrons. The lowest BCUT2D eigenvalue weighted by Crippen LogP contribution is -2.33. The fourth-order valence-electron chi connectivity index (χ4n) is 2.36. The van der Waals surface area contributed by atoms with Crippen LogP contribution in [0.4, 0.5) is 18.9 Å². The molecule has 0 heterocycles. The van der Waals surface area contributed by atoms with E-state index in [0.717, 1.165) is 13.2 Å². The molecule has 7 nitrogen and oxygen atoms in total. The average Bonchev–Trinajstić information content (AvgIpc) is 2.66. The predicted molar refractivity (Wildman–Crippen MR) is 98.2 cm³/mol. The highest BCUT2D eigenvalue weighted by Crippen LogP contribution is 2.25. The first-order chi connectivity index (χ1) is 13.4.